The van der Waals surface area contributed by atoms with Crippen LogP contribution in [-0.2, 0) is 28.5 Å². The van der Waals surface area contributed by atoms with Crippen LogP contribution in [0.15, 0.2) is 0 Å². The van der Waals surface area contributed by atoms with Crippen LogP contribution in [0, 0.1) is 0 Å². The fraction of sp³-hybridized carbons (Fsp3) is 0.857. The third kappa shape index (κ3) is 2.35. The number of fused-ring (bicyclic) bond motifs is 1. The topological polar surface area (TPSA) is 103 Å². The summed E-state index contributed by atoms with van der Waals surface area (Å²) in [5.41, 5.74) is -1.57. The number of ketones is 1. The maximum Gasteiger partial charge on any atom is 0.220 e. The zero-order chi connectivity index (χ0) is 16.1. The Morgan fingerprint density at radius 1 is 1.18 bits per heavy atom. The van der Waals surface area contributed by atoms with Gasteiger partial charge in [0.15, 0.2) is 23.5 Å². The molecular formula is C14H21NO7. The predicted octanol–water partition coefficient (Wildman–Crippen LogP) is -0.912. The summed E-state index contributed by atoms with van der Waals surface area (Å²) in [6, 6.07) is 0. The number of hydrogen-bond acceptors (Lipinski definition) is 7. The van der Waals surface area contributed by atoms with Gasteiger partial charge in [0.05, 0.1) is 6.54 Å². The van der Waals surface area contributed by atoms with Crippen LogP contribution >= 0.6 is 0 Å². The number of amides is 1. The smallest absolute Gasteiger partial charge is 0.220 e. The number of aliphatic hydroxyl groups excluding tert-OH is 1. The summed E-state index contributed by atoms with van der Waals surface area (Å²) < 4.78 is 22.5. The van der Waals surface area contributed by atoms with Crippen molar-refractivity contribution in [3.05, 3.63) is 0 Å². The van der Waals surface area contributed by atoms with Gasteiger partial charge in [-0.25, -0.2) is 0 Å². The van der Waals surface area contributed by atoms with Crippen molar-refractivity contribution in [3.8, 4) is 0 Å². The van der Waals surface area contributed by atoms with E-state index < -0.39 is 36.0 Å². The van der Waals surface area contributed by atoms with E-state index >= 15 is 0 Å². The van der Waals surface area contributed by atoms with Gasteiger partial charge in [-0.1, -0.05) is 0 Å². The number of ether oxygens (including phenoxy) is 4. The molecule has 0 bridgehead atoms. The highest BCUT2D eigenvalue weighted by atomic mass is 16.8. The summed E-state index contributed by atoms with van der Waals surface area (Å²) in [5, 5.41) is 13.3. The van der Waals surface area contributed by atoms with Gasteiger partial charge in [0.25, 0.3) is 0 Å². The van der Waals surface area contributed by atoms with Gasteiger partial charge in [0, 0.05) is 20.0 Å². The second kappa shape index (κ2) is 5.24. The molecule has 1 amide bonds. The fourth-order valence-electron chi connectivity index (χ4n) is 3.30. The Balaban J connectivity index is 1.95. The number of aliphatic hydroxyl groups is 1. The Morgan fingerprint density at radius 2 is 1.86 bits per heavy atom. The van der Waals surface area contributed by atoms with E-state index in [0.717, 1.165) is 0 Å². The molecule has 3 aliphatic rings. The van der Waals surface area contributed by atoms with Gasteiger partial charge in [0.2, 0.25) is 5.91 Å². The van der Waals surface area contributed by atoms with Gasteiger partial charge < -0.3 is 29.4 Å². The van der Waals surface area contributed by atoms with E-state index in [1.54, 1.807) is 13.8 Å². The van der Waals surface area contributed by atoms with Crippen molar-refractivity contribution in [2.75, 3.05) is 13.7 Å². The minimum absolute atomic E-state index is 0.000957. The van der Waals surface area contributed by atoms with Crippen molar-refractivity contribution in [1.29, 1.82) is 0 Å². The standard InChI is InChI=1S/C14H21NO7/c1-13(2)20-9-10(21-13)12(19-3)22-14(11(9)18)6-15-8(17)5-4-7(14)16/h9-12,18H,4-6H2,1-3H3,(H,15,17)/t9-,10+,11+,12+,14-/m1/s1. The fourth-order valence-corrected chi connectivity index (χ4v) is 3.30. The van der Waals surface area contributed by atoms with E-state index in [-0.39, 0.29) is 31.1 Å². The Bertz CT molecular complexity index is 494. The Kier molecular flexibility index (Phi) is 3.77. The van der Waals surface area contributed by atoms with Gasteiger partial charge in [-0.05, 0) is 13.8 Å². The average Bonchev–Trinajstić information content (AvgIpc) is 2.72. The van der Waals surface area contributed by atoms with Gasteiger partial charge in [-0.15, -0.1) is 0 Å². The van der Waals surface area contributed by atoms with Crippen LogP contribution in [0.25, 0.3) is 0 Å². The zero-order valence-corrected chi connectivity index (χ0v) is 12.8. The second-order valence-corrected chi connectivity index (χ2v) is 6.32. The molecule has 8 nitrogen and oxygen atoms in total. The van der Waals surface area contributed by atoms with Crippen molar-refractivity contribution in [1.82, 2.24) is 5.32 Å². The molecule has 0 aromatic carbocycles. The molecule has 22 heavy (non-hydrogen) atoms. The Labute approximate surface area is 128 Å². The lowest BCUT2D eigenvalue weighted by atomic mass is 9.82. The molecule has 3 fully saturated rings. The molecule has 124 valence electrons. The lowest BCUT2D eigenvalue weighted by molar-refractivity contribution is -0.294. The van der Waals surface area contributed by atoms with Gasteiger partial charge in [-0.3, -0.25) is 9.59 Å². The molecule has 0 radical (unpaired) electrons. The third-order valence-electron chi connectivity index (χ3n) is 4.38. The first kappa shape index (κ1) is 15.8. The summed E-state index contributed by atoms with van der Waals surface area (Å²) >= 11 is 0. The summed E-state index contributed by atoms with van der Waals surface area (Å²) in [5.74, 6) is -1.51. The van der Waals surface area contributed by atoms with Crippen molar-refractivity contribution in [3.63, 3.8) is 0 Å². The maximum absolute atomic E-state index is 12.5. The quantitative estimate of drug-likeness (QED) is 0.645. The summed E-state index contributed by atoms with van der Waals surface area (Å²) in [4.78, 5) is 24.1. The number of carbonyl (C=O) groups excluding carboxylic acids is 2. The highest BCUT2D eigenvalue weighted by Crippen LogP contribution is 2.42. The maximum atomic E-state index is 12.5. The highest BCUT2D eigenvalue weighted by molar-refractivity contribution is 5.94. The monoisotopic (exact) mass is 315 g/mol. The van der Waals surface area contributed by atoms with Crippen molar-refractivity contribution < 1.29 is 33.6 Å². The number of Topliss-reactive ketones (excluding diaryl/α,β-unsaturated/α-hetero) is 1. The SMILES string of the molecule is CO[C@H]1O[C@@]2(CNC(=O)CCC2=O)[C@@H](O)[C@@H]2OC(C)(C)O[C@H]12. The average molecular weight is 315 g/mol. The lowest BCUT2D eigenvalue weighted by Gasteiger charge is -2.46. The summed E-state index contributed by atoms with van der Waals surface area (Å²) in [7, 11) is 1.43. The molecular weight excluding hydrogens is 294 g/mol. The van der Waals surface area contributed by atoms with Gasteiger partial charge in [0.1, 0.15) is 18.3 Å². The van der Waals surface area contributed by atoms with E-state index in [4.69, 9.17) is 18.9 Å². The van der Waals surface area contributed by atoms with Gasteiger partial charge in [-0.2, -0.15) is 0 Å². The first-order valence-corrected chi connectivity index (χ1v) is 7.33. The molecule has 8 heteroatoms. The first-order valence-electron chi connectivity index (χ1n) is 7.33. The van der Waals surface area contributed by atoms with E-state index in [0.29, 0.717) is 0 Å². The van der Waals surface area contributed by atoms with E-state index in [9.17, 15) is 14.7 Å². The minimum Gasteiger partial charge on any atom is -0.387 e. The molecule has 0 aromatic rings. The molecule has 0 saturated carbocycles. The van der Waals surface area contributed by atoms with Crippen molar-refractivity contribution in [2.24, 2.45) is 0 Å². The molecule has 3 saturated heterocycles. The molecule has 3 rings (SSSR count). The van der Waals surface area contributed by atoms with Crippen LogP contribution in [0.4, 0.5) is 0 Å². The number of methoxy groups -OCH3 is 1. The Morgan fingerprint density at radius 3 is 2.55 bits per heavy atom. The largest absolute Gasteiger partial charge is 0.387 e. The predicted molar refractivity (Wildman–Crippen MR) is 71.7 cm³/mol. The number of hydrogen-bond donors (Lipinski definition) is 2. The van der Waals surface area contributed by atoms with Crippen LogP contribution in [-0.4, -0.2) is 66.4 Å². The number of rotatable bonds is 1. The molecule has 3 aliphatic heterocycles. The van der Waals surface area contributed by atoms with Crippen molar-refractivity contribution >= 4 is 11.7 Å². The molecule has 0 aliphatic carbocycles. The second-order valence-electron chi connectivity index (χ2n) is 6.32. The number of nitrogens with one attached hydrogen (secondary N) is 1. The van der Waals surface area contributed by atoms with Crippen LogP contribution in [0.1, 0.15) is 26.7 Å². The molecule has 0 aromatic heterocycles. The Hall–Kier alpha value is -1.06. The van der Waals surface area contributed by atoms with E-state index in [1.807, 2.05) is 0 Å². The summed E-state index contributed by atoms with van der Waals surface area (Å²) in [6.07, 6.45) is -3.46. The first-order chi connectivity index (χ1) is 10.3. The normalized spacial score (nSPS) is 44.5. The molecule has 5 atom stereocenters. The third-order valence-corrected chi connectivity index (χ3v) is 4.38. The van der Waals surface area contributed by atoms with E-state index in [1.165, 1.54) is 7.11 Å². The van der Waals surface area contributed by atoms with Crippen LogP contribution in [0.5, 0.6) is 0 Å². The molecule has 3 heterocycles. The zero-order valence-electron chi connectivity index (χ0n) is 12.8. The highest BCUT2D eigenvalue weighted by Gasteiger charge is 2.63. The van der Waals surface area contributed by atoms with Crippen molar-refractivity contribution in [2.45, 2.75) is 62.7 Å². The van der Waals surface area contributed by atoms with E-state index in [2.05, 4.69) is 5.32 Å². The lowest BCUT2D eigenvalue weighted by Crippen LogP contribution is -2.69. The minimum atomic E-state index is -1.57. The van der Waals surface area contributed by atoms with Crippen LogP contribution in [0.3, 0.4) is 0 Å². The summed E-state index contributed by atoms with van der Waals surface area (Å²) in [6.45, 7) is 3.32. The molecule has 0 unspecified atom stereocenters. The number of carbonyl (C=O) groups is 2. The van der Waals surface area contributed by atoms with Crippen LogP contribution < -0.4 is 5.32 Å². The molecule has 2 N–H and O–H groups in total. The van der Waals surface area contributed by atoms with Gasteiger partial charge >= 0.3 is 0 Å². The van der Waals surface area contributed by atoms with Crippen LogP contribution in [0.2, 0.25) is 0 Å². The molecule has 1 spiro atoms.